The molecule has 2 heteroatoms. The molecule has 0 aromatic carbocycles. The van der Waals surface area contributed by atoms with E-state index in [9.17, 15) is 0 Å². The zero-order valence-corrected chi connectivity index (χ0v) is 8.91. The normalized spacial score (nSPS) is 9.75. The molecule has 48 valence electrons. The molecule has 0 aliphatic carbocycles. The van der Waals surface area contributed by atoms with E-state index < -0.39 is 0 Å². The summed E-state index contributed by atoms with van der Waals surface area (Å²) in [6.45, 7) is 3.48. The molecule has 1 nitrogen and oxygen atoms in total. The maximum absolute atomic E-state index is 3.26. The molecule has 0 aliphatic heterocycles. The van der Waals surface area contributed by atoms with Crippen LogP contribution in [0.3, 0.4) is 0 Å². The number of rotatable bonds is 5. The Labute approximate surface area is 65.7 Å². The fourth-order valence-corrected chi connectivity index (χ4v) is 1.24. The molecule has 0 atom stereocenters. The predicted molar refractivity (Wildman–Crippen MR) is 39.3 cm³/mol. The molecule has 0 rings (SSSR count). The molecule has 0 aromatic rings. The minimum absolute atomic E-state index is 1.21. The molecule has 0 amide bonds. The summed E-state index contributed by atoms with van der Waals surface area (Å²) in [7, 11) is 0. The van der Waals surface area contributed by atoms with Gasteiger partial charge in [0.05, 0.1) is 0 Å². The van der Waals surface area contributed by atoms with E-state index in [-0.39, 0.29) is 0 Å². The molecule has 0 saturated carbocycles. The molecule has 1 N–H and O–H groups in total. The second kappa shape index (κ2) is 7.76. The Morgan fingerprint density at radius 3 is 2.50 bits per heavy atom. The van der Waals surface area contributed by atoms with Crippen LogP contribution in [-0.2, 0) is 0 Å². The molecule has 0 aliphatic rings. The second-order valence-electron chi connectivity index (χ2n) is 2.01. The van der Waals surface area contributed by atoms with Crippen LogP contribution in [0.5, 0.6) is 0 Å². The molecule has 2 radical (unpaired) electrons. The maximum atomic E-state index is 3.26. The Morgan fingerprint density at radius 1 is 1.25 bits per heavy atom. The van der Waals surface area contributed by atoms with Gasteiger partial charge >= 0.3 is 65.5 Å². The van der Waals surface area contributed by atoms with Crippen molar-refractivity contribution in [3.05, 3.63) is 0 Å². The fraction of sp³-hybridized carbons (Fsp3) is 1.00. The molecule has 0 bridgehead atoms. The SMILES string of the molecule is CCCCCC[NH][SnH]. The monoisotopic (exact) mass is 221 g/mol. The summed E-state index contributed by atoms with van der Waals surface area (Å²) in [6, 6.07) is 0. The molecule has 0 heterocycles. The van der Waals surface area contributed by atoms with Gasteiger partial charge in [0.2, 0.25) is 0 Å². The third-order valence-corrected chi connectivity index (χ3v) is 2.00. The van der Waals surface area contributed by atoms with E-state index >= 15 is 0 Å². The molecule has 8 heavy (non-hydrogen) atoms. The summed E-state index contributed by atoms with van der Waals surface area (Å²) >= 11 is 1.21. The van der Waals surface area contributed by atoms with Gasteiger partial charge in [0.1, 0.15) is 0 Å². The van der Waals surface area contributed by atoms with E-state index in [1.807, 2.05) is 0 Å². The Hall–Kier alpha value is 0.759. The molecular weight excluding hydrogens is 205 g/mol. The third kappa shape index (κ3) is 6.76. The first-order valence-corrected chi connectivity index (χ1v) is 5.00. The molecule has 0 aromatic heterocycles. The Kier molecular flexibility index (Phi) is 8.49. The summed E-state index contributed by atoms with van der Waals surface area (Å²) in [5, 5.41) is 0. The van der Waals surface area contributed by atoms with Crippen molar-refractivity contribution in [2.75, 3.05) is 6.54 Å². The van der Waals surface area contributed by atoms with E-state index in [2.05, 4.69) is 10.5 Å². The fourth-order valence-electron chi connectivity index (χ4n) is 0.654. The Morgan fingerprint density at radius 2 is 2.00 bits per heavy atom. The van der Waals surface area contributed by atoms with E-state index in [1.54, 1.807) is 0 Å². The number of unbranched alkanes of at least 4 members (excludes halogenated alkanes) is 3. The van der Waals surface area contributed by atoms with Crippen LogP contribution in [0.4, 0.5) is 0 Å². The Balaban J connectivity index is 2.53. The van der Waals surface area contributed by atoms with Gasteiger partial charge < -0.3 is 0 Å². The van der Waals surface area contributed by atoms with Crippen LogP contribution in [0.2, 0.25) is 0 Å². The molecule has 0 unspecified atom stereocenters. The molecule has 0 spiro atoms. The van der Waals surface area contributed by atoms with Gasteiger partial charge in [0.25, 0.3) is 0 Å². The van der Waals surface area contributed by atoms with Crippen molar-refractivity contribution in [3.63, 3.8) is 0 Å². The van der Waals surface area contributed by atoms with Gasteiger partial charge in [0, 0.05) is 0 Å². The predicted octanol–water partition coefficient (Wildman–Crippen LogP) is 0.972. The van der Waals surface area contributed by atoms with E-state index in [1.165, 1.54) is 55.0 Å². The summed E-state index contributed by atoms with van der Waals surface area (Å²) in [4.78, 5) is 0. The van der Waals surface area contributed by atoms with E-state index in [0.717, 1.165) is 0 Å². The molecule has 0 saturated heterocycles. The van der Waals surface area contributed by atoms with Crippen molar-refractivity contribution in [2.45, 2.75) is 32.6 Å². The van der Waals surface area contributed by atoms with Crippen LogP contribution < -0.4 is 3.54 Å². The van der Waals surface area contributed by atoms with Crippen LogP contribution in [0.15, 0.2) is 0 Å². The van der Waals surface area contributed by atoms with Gasteiger partial charge in [-0.3, -0.25) is 0 Å². The van der Waals surface area contributed by atoms with Crippen LogP contribution in [0.25, 0.3) is 0 Å². The van der Waals surface area contributed by atoms with Crippen LogP contribution >= 0.6 is 0 Å². The van der Waals surface area contributed by atoms with Crippen LogP contribution in [0, 0.1) is 0 Å². The molecular formula is C6H15NSn. The summed E-state index contributed by atoms with van der Waals surface area (Å²) in [6.07, 6.45) is 5.53. The Bertz CT molecular complexity index is 33.5. The number of hydrogen-bond donors (Lipinski definition) is 1. The van der Waals surface area contributed by atoms with Gasteiger partial charge in [0.15, 0.2) is 0 Å². The van der Waals surface area contributed by atoms with Gasteiger partial charge in [-0.2, -0.15) is 0 Å². The first-order chi connectivity index (χ1) is 3.91. The average molecular weight is 220 g/mol. The number of nitrogens with one attached hydrogen (secondary N) is 1. The first kappa shape index (κ1) is 8.76. The average Bonchev–Trinajstić information content (AvgIpc) is 1.81. The standard InChI is InChI=1S/C6H14N.Sn.H/c1-2-3-4-5-6-7;;/h7H,2-6H2,1H3;;/q-1;+1;. The van der Waals surface area contributed by atoms with Crippen LogP contribution in [0.1, 0.15) is 32.6 Å². The van der Waals surface area contributed by atoms with Crippen molar-refractivity contribution in [3.8, 4) is 0 Å². The van der Waals surface area contributed by atoms with Crippen molar-refractivity contribution >= 4 is 22.8 Å². The van der Waals surface area contributed by atoms with Crippen molar-refractivity contribution < 1.29 is 0 Å². The number of hydrogen-bond acceptors (Lipinski definition) is 1. The van der Waals surface area contributed by atoms with Gasteiger partial charge in [-0.1, -0.05) is 0 Å². The summed E-state index contributed by atoms with van der Waals surface area (Å²) in [5.41, 5.74) is 0. The van der Waals surface area contributed by atoms with Crippen molar-refractivity contribution in [2.24, 2.45) is 0 Å². The zero-order chi connectivity index (χ0) is 6.24. The minimum atomic E-state index is 1.21. The zero-order valence-electron chi connectivity index (χ0n) is 5.61. The van der Waals surface area contributed by atoms with Gasteiger partial charge in [-0.15, -0.1) is 0 Å². The van der Waals surface area contributed by atoms with E-state index in [4.69, 9.17) is 0 Å². The molecule has 0 fully saturated rings. The third-order valence-electron chi connectivity index (χ3n) is 1.17. The summed E-state index contributed by atoms with van der Waals surface area (Å²) in [5.74, 6) is 0. The van der Waals surface area contributed by atoms with Crippen molar-refractivity contribution in [1.82, 2.24) is 3.54 Å². The van der Waals surface area contributed by atoms with Crippen molar-refractivity contribution in [1.29, 1.82) is 0 Å². The quantitative estimate of drug-likeness (QED) is 0.537. The topological polar surface area (TPSA) is 12.0 Å². The van der Waals surface area contributed by atoms with Gasteiger partial charge in [-0.05, 0) is 0 Å². The summed E-state index contributed by atoms with van der Waals surface area (Å²) < 4.78 is 3.26. The van der Waals surface area contributed by atoms with Crippen LogP contribution in [-0.4, -0.2) is 29.3 Å². The van der Waals surface area contributed by atoms with E-state index in [0.29, 0.717) is 0 Å². The first-order valence-electron chi connectivity index (χ1n) is 3.35. The van der Waals surface area contributed by atoms with Gasteiger partial charge in [-0.25, -0.2) is 0 Å². The second-order valence-corrected chi connectivity index (χ2v) is 3.18.